The lowest BCUT2D eigenvalue weighted by Crippen LogP contribution is -2.15. The van der Waals surface area contributed by atoms with Gasteiger partial charge in [0.25, 0.3) is 0 Å². The first-order valence-electron chi connectivity index (χ1n) is 9.91. The predicted molar refractivity (Wildman–Crippen MR) is 121 cm³/mol. The lowest BCUT2D eigenvalue weighted by molar-refractivity contribution is 0.448. The number of fused-ring (bicyclic) bond motifs is 1. The van der Waals surface area contributed by atoms with Crippen LogP contribution in [0, 0.1) is 6.92 Å². The smallest absolute Gasteiger partial charge is 0.238 e. The summed E-state index contributed by atoms with van der Waals surface area (Å²) >= 11 is 0. The summed E-state index contributed by atoms with van der Waals surface area (Å²) in [4.78, 5) is 12.7. The highest BCUT2D eigenvalue weighted by molar-refractivity contribution is 7.91. The van der Waals surface area contributed by atoms with Crippen LogP contribution < -0.4 is 9.46 Å². The second-order valence-electron chi connectivity index (χ2n) is 7.19. The Bertz CT molecular complexity index is 1510. The summed E-state index contributed by atoms with van der Waals surface area (Å²) < 4.78 is 40.6. The maximum atomic E-state index is 12.6. The summed E-state index contributed by atoms with van der Waals surface area (Å²) in [6.07, 6.45) is 5.06. The molecule has 2 aromatic carbocycles. The van der Waals surface area contributed by atoms with Crippen LogP contribution in [0.2, 0.25) is 0 Å². The molecule has 0 radical (unpaired) electrons. The Morgan fingerprint density at radius 3 is 2.70 bits per heavy atom. The van der Waals surface area contributed by atoms with Crippen LogP contribution in [0.3, 0.4) is 0 Å². The van der Waals surface area contributed by atoms with E-state index in [-0.39, 0.29) is 5.75 Å². The lowest BCUT2D eigenvalue weighted by Gasteiger charge is -2.10. The molecule has 3 heterocycles. The number of hydrogen-bond acceptors (Lipinski definition) is 8. The van der Waals surface area contributed by atoms with Gasteiger partial charge in [-0.05, 0) is 43.3 Å². The van der Waals surface area contributed by atoms with Crippen LogP contribution in [0.5, 0.6) is 11.6 Å². The molecule has 0 spiro atoms. The number of hydrogen-bond donors (Lipinski definition) is 1. The van der Waals surface area contributed by atoms with E-state index < -0.39 is 10.0 Å². The van der Waals surface area contributed by atoms with Crippen LogP contribution in [-0.4, -0.2) is 33.1 Å². The standard InChI is InChI=1S/C22H18N6O4S/c1-15-24-21(28-11-10-23-14-28)12-22(25-15)31-17-8-6-16(7-9-17)27-33(29,30)13-19-18-4-2-3-5-20(18)32-26-19/h2-12,14,27H,13H2,1H3. The summed E-state index contributed by atoms with van der Waals surface area (Å²) in [6, 6.07) is 15.3. The first-order valence-corrected chi connectivity index (χ1v) is 11.6. The average molecular weight is 462 g/mol. The van der Waals surface area contributed by atoms with Crippen molar-refractivity contribution in [3.63, 3.8) is 0 Å². The number of anilines is 1. The van der Waals surface area contributed by atoms with Crippen molar-refractivity contribution in [3.05, 3.63) is 84.8 Å². The Morgan fingerprint density at radius 2 is 1.91 bits per heavy atom. The molecule has 1 N–H and O–H groups in total. The Labute approximate surface area is 188 Å². The number of ether oxygens (including phenoxy) is 1. The maximum absolute atomic E-state index is 12.6. The van der Waals surface area contributed by atoms with Gasteiger partial charge >= 0.3 is 0 Å². The van der Waals surface area contributed by atoms with Crippen LogP contribution in [0.4, 0.5) is 5.69 Å². The van der Waals surface area contributed by atoms with Crippen LogP contribution in [0.1, 0.15) is 11.5 Å². The summed E-state index contributed by atoms with van der Waals surface area (Å²) in [5, 5.41) is 4.55. The molecule has 10 nitrogen and oxygen atoms in total. The minimum Gasteiger partial charge on any atom is -0.439 e. The summed E-state index contributed by atoms with van der Waals surface area (Å²) in [5.41, 5.74) is 1.29. The largest absolute Gasteiger partial charge is 0.439 e. The molecule has 0 unspecified atom stereocenters. The van der Waals surface area contributed by atoms with Gasteiger partial charge in [0.15, 0.2) is 5.58 Å². The normalized spacial score (nSPS) is 11.5. The monoisotopic (exact) mass is 462 g/mol. The Morgan fingerprint density at radius 1 is 1.09 bits per heavy atom. The number of nitrogens with zero attached hydrogens (tertiary/aromatic N) is 5. The van der Waals surface area contributed by atoms with Crippen LogP contribution in [0.15, 0.2) is 77.8 Å². The van der Waals surface area contributed by atoms with Crippen molar-refractivity contribution < 1.29 is 17.7 Å². The van der Waals surface area contributed by atoms with Gasteiger partial charge in [0, 0.05) is 29.5 Å². The van der Waals surface area contributed by atoms with E-state index in [0.29, 0.717) is 45.6 Å². The average Bonchev–Trinajstić information content (AvgIpc) is 3.45. The van der Waals surface area contributed by atoms with Gasteiger partial charge in [0.2, 0.25) is 15.9 Å². The zero-order valence-corrected chi connectivity index (χ0v) is 18.2. The van der Waals surface area contributed by atoms with E-state index in [0.717, 1.165) is 0 Å². The zero-order valence-electron chi connectivity index (χ0n) is 17.4. The van der Waals surface area contributed by atoms with E-state index in [1.165, 1.54) is 0 Å². The third-order valence-corrected chi connectivity index (χ3v) is 5.90. The molecule has 5 rings (SSSR count). The molecule has 166 valence electrons. The summed E-state index contributed by atoms with van der Waals surface area (Å²) in [7, 11) is -3.70. The zero-order chi connectivity index (χ0) is 22.8. The Hall–Kier alpha value is -4.25. The van der Waals surface area contributed by atoms with Crippen LogP contribution in [0.25, 0.3) is 16.8 Å². The molecule has 0 saturated carbocycles. The third-order valence-electron chi connectivity index (χ3n) is 4.70. The number of aromatic nitrogens is 5. The van der Waals surface area contributed by atoms with Crippen LogP contribution >= 0.6 is 0 Å². The van der Waals surface area contributed by atoms with E-state index in [2.05, 4.69) is 24.8 Å². The maximum Gasteiger partial charge on any atom is 0.238 e. The SMILES string of the molecule is Cc1nc(Oc2ccc(NS(=O)(=O)Cc3noc4ccccc34)cc2)cc(-n2ccnc2)n1. The molecule has 33 heavy (non-hydrogen) atoms. The molecule has 0 amide bonds. The van der Waals surface area contributed by atoms with E-state index in [4.69, 9.17) is 9.26 Å². The fourth-order valence-corrected chi connectivity index (χ4v) is 4.39. The van der Waals surface area contributed by atoms with Crippen molar-refractivity contribution in [1.82, 2.24) is 24.7 Å². The van der Waals surface area contributed by atoms with Gasteiger partial charge < -0.3 is 9.26 Å². The Balaban J connectivity index is 1.29. The number of benzene rings is 2. The lowest BCUT2D eigenvalue weighted by atomic mass is 10.2. The van der Waals surface area contributed by atoms with Gasteiger partial charge in [-0.1, -0.05) is 17.3 Å². The number of para-hydroxylation sites is 1. The second kappa shape index (κ2) is 8.36. The van der Waals surface area contributed by atoms with E-state index in [1.807, 2.05) is 0 Å². The number of rotatable bonds is 7. The minimum absolute atomic E-state index is 0.306. The quantitative estimate of drug-likeness (QED) is 0.387. The van der Waals surface area contributed by atoms with Crippen molar-refractivity contribution in [2.75, 3.05) is 4.72 Å². The molecule has 3 aromatic heterocycles. The fourth-order valence-electron chi connectivity index (χ4n) is 3.25. The molecular formula is C22H18N6O4S. The van der Waals surface area contributed by atoms with Crippen molar-refractivity contribution in [2.45, 2.75) is 12.7 Å². The molecule has 0 aliphatic carbocycles. The van der Waals surface area contributed by atoms with Gasteiger partial charge in [0.05, 0.1) is 0 Å². The van der Waals surface area contributed by atoms with E-state index in [1.54, 1.807) is 84.8 Å². The first-order chi connectivity index (χ1) is 15.9. The van der Waals surface area contributed by atoms with Gasteiger partial charge in [-0.25, -0.2) is 18.4 Å². The number of nitrogens with one attached hydrogen (secondary N) is 1. The van der Waals surface area contributed by atoms with Crippen molar-refractivity contribution >= 4 is 26.7 Å². The molecule has 5 aromatic rings. The van der Waals surface area contributed by atoms with E-state index >= 15 is 0 Å². The van der Waals surface area contributed by atoms with Crippen molar-refractivity contribution in [2.24, 2.45) is 0 Å². The van der Waals surface area contributed by atoms with Crippen LogP contribution in [-0.2, 0) is 15.8 Å². The molecule has 0 bridgehead atoms. The van der Waals surface area contributed by atoms with Gasteiger partial charge in [-0.2, -0.15) is 4.98 Å². The second-order valence-corrected chi connectivity index (χ2v) is 8.92. The van der Waals surface area contributed by atoms with Crippen molar-refractivity contribution in [3.8, 4) is 17.4 Å². The number of imidazole rings is 1. The highest BCUT2D eigenvalue weighted by atomic mass is 32.2. The molecule has 11 heteroatoms. The highest BCUT2D eigenvalue weighted by Gasteiger charge is 2.17. The molecule has 0 fully saturated rings. The van der Waals surface area contributed by atoms with Crippen molar-refractivity contribution in [1.29, 1.82) is 0 Å². The molecule has 0 aliphatic rings. The third kappa shape index (κ3) is 4.67. The summed E-state index contributed by atoms with van der Waals surface area (Å²) in [6.45, 7) is 1.77. The molecule has 0 saturated heterocycles. The topological polar surface area (TPSA) is 125 Å². The Kier molecular flexibility index (Phi) is 5.23. The minimum atomic E-state index is -3.70. The highest BCUT2D eigenvalue weighted by Crippen LogP contribution is 2.25. The number of sulfonamides is 1. The van der Waals surface area contributed by atoms with Gasteiger partial charge in [-0.15, -0.1) is 0 Å². The number of aryl methyl sites for hydroxylation is 1. The predicted octanol–water partition coefficient (Wildman–Crippen LogP) is 3.85. The fraction of sp³-hybridized carbons (Fsp3) is 0.0909. The molecule has 0 atom stereocenters. The van der Waals surface area contributed by atoms with Gasteiger partial charge in [0.1, 0.15) is 35.2 Å². The summed E-state index contributed by atoms with van der Waals surface area (Å²) in [5.74, 6) is 1.72. The first kappa shape index (κ1) is 20.6. The van der Waals surface area contributed by atoms with Gasteiger partial charge in [-0.3, -0.25) is 9.29 Å². The molecular weight excluding hydrogens is 444 g/mol. The molecule has 0 aliphatic heterocycles. The van der Waals surface area contributed by atoms with E-state index in [9.17, 15) is 8.42 Å².